The van der Waals surface area contributed by atoms with E-state index < -0.39 is 0 Å². The number of hydrogen-bond donors (Lipinski definition) is 1. The quantitative estimate of drug-likeness (QED) is 0.449. The fourth-order valence-corrected chi connectivity index (χ4v) is 0.577. The minimum atomic E-state index is 0. The van der Waals surface area contributed by atoms with E-state index in [0.29, 0.717) is 0 Å². The normalized spacial score (nSPS) is 22.1. The molecular formula is C5H14N2O. The molecule has 3 heteroatoms. The second kappa shape index (κ2) is 3.83. The predicted molar refractivity (Wildman–Crippen MR) is 33.3 cm³/mol. The molecule has 0 atom stereocenters. The Hall–Kier alpha value is -0.120. The summed E-state index contributed by atoms with van der Waals surface area (Å²) in [5.41, 5.74) is 0. The maximum atomic E-state index is 5.39. The second-order valence-electron chi connectivity index (χ2n) is 1.65. The lowest BCUT2D eigenvalue weighted by Gasteiger charge is -2.20. The molecule has 0 radical (unpaired) electrons. The van der Waals surface area contributed by atoms with Crippen LogP contribution in [-0.4, -0.2) is 31.3 Å². The average molecular weight is 118 g/mol. The molecule has 0 aromatic heterocycles. The molecule has 1 fully saturated rings. The van der Waals surface area contributed by atoms with E-state index in [1.54, 1.807) is 5.01 Å². The van der Waals surface area contributed by atoms with Crippen molar-refractivity contribution in [2.24, 2.45) is 5.84 Å². The number of ether oxygens (including phenoxy) is 1. The minimum Gasteiger partial charge on any atom is -0.379 e. The maximum Gasteiger partial charge on any atom is 0.0608 e. The van der Waals surface area contributed by atoms with E-state index >= 15 is 0 Å². The highest BCUT2D eigenvalue weighted by Gasteiger charge is 2.02. The number of hydrogen-bond acceptors (Lipinski definition) is 3. The third kappa shape index (κ3) is 2.26. The molecular weight excluding hydrogens is 104 g/mol. The van der Waals surface area contributed by atoms with E-state index in [1.165, 1.54) is 0 Å². The van der Waals surface area contributed by atoms with Crippen LogP contribution in [0.15, 0.2) is 0 Å². The highest BCUT2D eigenvalue weighted by Crippen LogP contribution is 1.86. The largest absolute Gasteiger partial charge is 0.379 e. The lowest BCUT2D eigenvalue weighted by atomic mass is 10.5. The van der Waals surface area contributed by atoms with Gasteiger partial charge in [-0.1, -0.05) is 7.43 Å². The van der Waals surface area contributed by atoms with Gasteiger partial charge < -0.3 is 4.74 Å². The first-order valence-electron chi connectivity index (χ1n) is 2.47. The molecule has 0 aromatic rings. The molecule has 0 aromatic carbocycles. The van der Waals surface area contributed by atoms with Crippen LogP contribution in [0.4, 0.5) is 0 Å². The van der Waals surface area contributed by atoms with Gasteiger partial charge in [0.2, 0.25) is 0 Å². The molecule has 0 saturated carbocycles. The second-order valence-corrected chi connectivity index (χ2v) is 1.65. The summed E-state index contributed by atoms with van der Waals surface area (Å²) < 4.78 is 5.02. The molecule has 0 bridgehead atoms. The third-order valence-corrected chi connectivity index (χ3v) is 1.05. The molecule has 1 saturated heterocycles. The number of hydrazine groups is 1. The summed E-state index contributed by atoms with van der Waals surface area (Å²) in [7, 11) is 0. The molecule has 0 amide bonds. The Morgan fingerprint density at radius 2 is 1.75 bits per heavy atom. The summed E-state index contributed by atoms with van der Waals surface area (Å²) in [5.74, 6) is 5.39. The summed E-state index contributed by atoms with van der Waals surface area (Å²) >= 11 is 0. The van der Waals surface area contributed by atoms with Gasteiger partial charge in [0.05, 0.1) is 13.2 Å². The number of nitrogens with two attached hydrogens (primary N) is 1. The van der Waals surface area contributed by atoms with Gasteiger partial charge in [-0.25, -0.2) is 5.01 Å². The monoisotopic (exact) mass is 118 g/mol. The number of rotatable bonds is 0. The zero-order valence-corrected chi connectivity index (χ0v) is 4.26. The van der Waals surface area contributed by atoms with Crippen molar-refractivity contribution in [2.75, 3.05) is 26.3 Å². The summed E-state index contributed by atoms with van der Waals surface area (Å²) in [6, 6.07) is 0. The Kier molecular flexibility index (Phi) is 3.77. The Labute approximate surface area is 50.4 Å². The van der Waals surface area contributed by atoms with Crippen LogP contribution in [-0.2, 0) is 4.74 Å². The van der Waals surface area contributed by atoms with E-state index in [1.807, 2.05) is 0 Å². The fraction of sp³-hybridized carbons (Fsp3) is 1.00. The Balaban J connectivity index is 0.000000490. The van der Waals surface area contributed by atoms with Gasteiger partial charge in [0.25, 0.3) is 0 Å². The van der Waals surface area contributed by atoms with Crippen LogP contribution >= 0.6 is 0 Å². The Morgan fingerprint density at radius 1 is 1.25 bits per heavy atom. The van der Waals surface area contributed by atoms with Crippen molar-refractivity contribution in [3.05, 3.63) is 0 Å². The summed E-state index contributed by atoms with van der Waals surface area (Å²) in [6.07, 6.45) is 0. The van der Waals surface area contributed by atoms with Crippen molar-refractivity contribution in [1.29, 1.82) is 0 Å². The van der Waals surface area contributed by atoms with Gasteiger partial charge in [-0.2, -0.15) is 0 Å². The standard InChI is InChI=1S/C4H10N2O.CH4/c5-6-1-3-7-4-2-6;/h1-5H2;1H4. The number of morpholine rings is 1. The third-order valence-electron chi connectivity index (χ3n) is 1.05. The number of nitrogens with zero attached hydrogens (tertiary/aromatic N) is 1. The van der Waals surface area contributed by atoms with Crippen LogP contribution in [0, 0.1) is 0 Å². The maximum absolute atomic E-state index is 5.39. The first-order chi connectivity index (χ1) is 3.39. The molecule has 0 unspecified atom stereocenters. The lowest BCUT2D eigenvalue weighted by molar-refractivity contribution is 0.0378. The van der Waals surface area contributed by atoms with E-state index in [9.17, 15) is 0 Å². The van der Waals surface area contributed by atoms with Gasteiger partial charge in [-0.15, -0.1) is 0 Å². The zero-order valence-electron chi connectivity index (χ0n) is 4.26. The van der Waals surface area contributed by atoms with Gasteiger partial charge in [0.15, 0.2) is 0 Å². The smallest absolute Gasteiger partial charge is 0.0608 e. The van der Waals surface area contributed by atoms with E-state index in [0.717, 1.165) is 26.3 Å². The molecule has 50 valence electrons. The van der Waals surface area contributed by atoms with Crippen molar-refractivity contribution in [1.82, 2.24) is 5.01 Å². The predicted octanol–water partition coefficient (Wildman–Crippen LogP) is -0.172. The first kappa shape index (κ1) is 7.88. The highest BCUT2D eigenvalue weighted by atomic mass is 16.5. The fourth-order valence-electron chi connectivity index (χ4n) is 0.577. The molecule has 2 N–H and O–H groups in total. The lowest BCUT2D eigenvalue weighted by Crippen LogP contribution is -2.41. The molecule has 1 rings (SSSR count). The van der Waals surface area contributed by atoms with Gasteiger partial charge in [0, 0.05) is 13.1 Å². The van der Waals surface area contributed by atoms with Crippen molar-refractivity contribution >= 4 is 0 Å². The summed E-state index contributed by atoms with van der Waals surface area (Å²) in [4.78, 5) is 0. The van der Waals surface area contributed by atoms with Crippen LogP contribution < -0.4 is 5.84 Å². The van der Waals surface area contributed by atoms with Crippen LogP contribution in [0.2, 0.25) is 0 Å². The molecule has 1 aliphatic rings. The Morgan fingerprint density at radius 3 is 2.00 bits per heavy atom. The highest BCUT2D eigenvalue weighted by molar-refractivity contribution is 4.51. The SMILES string of the molecule is C.NN1CCOCC1. The van der Waals surface area contributed by atoms with Gasteiger partial charge >= 0.3 is 0 Å². The Bertz CT molecular complexity index is 52.4. The molecule has 8 heavy (non-hydrogen) atoms. The van der Waals surface area contributed by atoms with Crippen molar-refractivity contribution < 1.29 is 4.74 Å². The van der Waals surface area contributed by atoms with Gasteiger partial charge in [-0.05, 0) is 0 Å². The van der Waals surface area contributed by atoms with Crippen molar-refractivity contribution in [2.45, 2.75) is 7.43 Å². The van der Waals surface area contributed by atoms with Crippen LogP contribution in [0.25, 0.3) is 0 Å². The molecule has 1 aliphatic heterocycles. The van der Waals surface area contributed by atoms with E-state index in [4.69, 9.17) is 10.6 Å². The molecule has 0 spiro atoms. The summed E-state index contributed by atoms with van der Waals surface area (Å²) in [5, 5.41) is 1.77. The molecule has 3 nitrogen and oxygen atoms in total. The zero-order chi connectivity index (χ0) is 5.11. The van der Waals surface area contributed by atoms with Crippen LogP contribution in [0.1, 0.15) is 7.43 Å². The average Bonchev–Trinajstić information content (AvgIpc) is 1.69. The van der Waals surface area contributed by atoms with Gasteiger partial charge in [-0.3, -0.25) is 5.84 Å². The van der Waals surface area contributed by atoms with Gasteiger partial charge in [0.1, 0.15) is 0 Å². The molecule has 1 heterocycles. The summed E-state index contributed by atoms with van der Waals surface area (Å²) in [6.45, 7) is 3.33. The first-order valence-corrected chi connectivity index (χ1v) is 2.47. The minimum absolute atomic E-state index is 0. The van der Waals surface area contributed by atoms with Crippen LogP contribution in [0.5, 0.6) is 0 Å². The van der Waals surface area contributed by atoms with Crippen molar-refractivity contribution in [3.8, 4) is 0 Å². The topological polar surface area (TPSA) is 38.5 Å². The molecule has 0 aliphatic carbocycles. The van der Waals surface area contributed by atoms with Crippen molar-refractivity contribution in [3.63, 3.8) is 0 Å². The van der Waals surface area contributed by atoms with E-state index in [2.05, 4.69) is 0 Å². The van der Waals surface area contributed by atoms with Crippen LogP contribution in [0.3, 0.4) is 0 Å². The van der Waals surface area contributed by atoms with E-state index in [-0.39, 0.29) is 7.43 Å².